The number of pyridine rings is 1. The molecule has 1 aromatic carbocycles. The molecule has 3 aromatic rings. The minimum atomic E-state index is 0.295. The van der Waals surface area contributed by atoms with Crippen molar-refractivity contribution in [2.24, 2.45) is 5.73 Å². The van der Waals surface area contributed by atoms with Gasteiger partial charge in [0.25, 0.3) is 0 Å². The van der Waals surface area contributed by atoms with Gasteiger partial charge in [-0.1, -0.05) is 29.8 Å². The Morgan fingerprint density at radius 3 is 2.90 bits per heavy atom. The van der Waals surface area contributed by atoms with Crippen LogP contribution in [0, 0.1) is 0 Å². The topological polar surface area (TPSA) is 61.3 Å². The summed E-state index contributed by atoms with van der Waals surface area (Å²) in [5, 5.41) is 1.56. The number of halogens is 1. The smallest absolute Gasteiger partial charge is 0.147 e. The third-order valence-corrected chi connectivity index (χ3v) is 3.24. The van der Waals surface area contributed by atoms with Gasteiger partial charge in [-0.05, 0) is 6.07 Å². The lowest BCUT2D eigenvalue weighted by atomic mass is 10.1. The number of nitrogens with two attached hydrogens (primary N) is 1. The molecule has 0 unspecified atom stereocenters. The van der Waals surface area contributed by atoms with Crippen molar-refractivity contribution in [3.63, 3.8) is 0 Å². The van der Waals surface area contributed by atoms with E-state index in [2.05, 4.69) is 4.98 Å². The average molecular weight is 289 g/mol. The molecule has 0 bridgehead atoms. The summed E-state index contributed by atoms with van der Waals surface area (Å²) in [6.07, 6.45) is 3.16. The summed E-state index contributed by atoms with van der Waals surface area (Å²) in [6, 6.07) is 9.50. The number of hydrogen-bond acceptors (Lipinski definition) is 4. The van der Waals surface area contributed by atoms with Crippen molar-refractivity contribution >= 4 is 22.6 Å². The monoisotopic (exact) mass is 288 g/mol. The number of ether oxygens (including phenoxy) is 1. The highest BCUT2D eigenvalue weighted by atomic mass is 35.5. The minimum Gasteiger partial charge on any atom is -0.484 e. The van der Waals surface area contributed by atoms with Crippen molar-refractivity contribution in [2.75, 3.05) is 0 Å². The van der Waals surface area contributed by atoms with Crippen molar-refractivity contribution < 1.29 is 9.15 Å². The second-order valence-corrected chi connectivity index (χ2v) is 4.77. The first-order valence-electron chi connectivity index (χ1n) is 6.20. The van der Waals surface area contributed by atoms with Crippen molar-refractivity contribution in [3.05, 3.63) is 59.1 Å². The Kier molecular flexibility index (Phi) is 3.58. The van der Waals surface area contributed by atoms with Crippen LogP contribution in [-0.2, 0) is 13.2 Å². The second kappa shape index (κ2) is 5.53. The Morgan fingerprint density at radius 2 is 2.10 bits per heavy atom. The first-order chi connectivity index (χ1) is 9.78. The Balaban J connectivity index is 1.87. The zero-order valence-corrected chi connectivity index (χ0v) is 11.4. The predicted molar refractivity (Wildman–Crippen MR) is 77.7 cm³/mol. The molecule has 2 aromatic heterocycles. The molecular weight excluding hydrogens is 276 g/mol. The number of aromatic nitrogens is 1. The number of nitrogens with zero attached hydrogens (tertiary/aromatic N) is 1. The van der Waals surface area contributed by atoms with E-state index < -0.39 is 0 Å². The van der Waals surface area contributed by atoms with E-state index in [0.29, 0.717) is 23.9 Å². The van der Waals surface area contributed by atoms with Crippen LogP contribution in [0.2, 0.25) is 5.02 Å². The van der Waals surface area contributed by atoms with Crippen LogP contribution in [0.4, 0.5) is 0 Å². The molecule has 0 aliphatic heterocycles. The van der Waals surface area contributed by atoms with Gasteiger partial charge in [0.1, 0.15) is 23.7 Å². The van der Waals surface area contributed by atoms with Crippen LogP contribution in [0.5, 0.6) is 5.75 Å². The van der Waals surface area contributed by atoms with Crippen LogP contribution in [0.15, 0.2) is 47.1 Å². The fraction of sp³-hybridized carbons (Fsp3) is 0.133. The standard InChI is InChI=1S/C15H13ClN2O2/c16-10-5-11(8-18-7-10)19-9-15-13(6-17)12-3-1-2-4-14(12)20-15/h1-5,7-8H,6,9,17H2. The molecule has 0 fully saturated rings. The van der Waals surface area contributed by atoms with Crippen molar-refractivity contribution in [1.82, 2.24) is 4.98 Å². The first kappa shape index (κ1) is 13.0. The van der Waals surface area contributed by atoms with E-state index >= 15 is 0 Å². The molecular formula is C15H13ClN2O2. The summed E-state index contributed by atoms with van der Waals surface area (Å²) in [4.78, 5) is 3.97. The van der Waals surface area contributed by atoms with Crippen molar-refractivity contribution in [1.29, 1.82) is 0 Å². The van der Waals surface area contributed by atoms with Crippen molar-refractivity contribution in [2.45, 2.75) is 13.2 Å². The van der Waals surface area contributed by atoms with Gasteiger partial charge in [0.15, 0.2) is 0 Å². The van der Waals surface area contributed by atoms with Crippen LogP contribution < -0.4 is 10.5 Å². The van der Waals surface area contributed by atoms with Gasteiger partial charge in [-0.3, -0.25) is 4.98 Å². The third-order valence-electron chi connectivity index (χ3n) is 3.04. The van der Waals surface area contributed by atoms with E-state index in [4.69, 9.17) is 26.5 Å². The van der Waals surface area contributed by atoms with E-state index in [1.54, 1.807) is 18.5 Å². The van der Waals surface area contributed by atoms with Crippen molar-refractivity contribution in [3.8, 4) is 5.75 Å². The highest BCUT2D eigenvalue weighted by Crippen LogP contribution is 2.26. The summed E-state index contributed by atoms with van der Waals surface area (Å²) in [7, 11) is 0. The zero-order chi connectivity index (χ0) is 13.9. The third kappa shape index (κ3) is 2.48. The summed E-state index contributed by atoms with van der Waals surface area (Å²) >= 11 is 5.86. The fourth-order valence-electron chi connectivity index (χ4n) is 2.11. The molecule has 0 amide bonds. The van der Waals surface area contributed by atoms with Gasteiger partial charge in [-0.2, -0.15) is 0 Å². The number of benzene rings is 1. The van der Waals surface area contributed by atoms with E-state index in [1.165, 1.54) is 0 Å². The molecule has 2 N–H and O–H groups in total. The van der Waals surface area contributed by atoms with Crippen LogP contribution in [-0.4, -0.2) is 4.98 Å². The van der Waals surface area contributed by atoms with Gasteiger partial charge in [-0.25, -0.2) is 0 Å². The quantitative estimate of drug-likeness (QED) is 0.798. The van der Waals surface area contributed by atoms with Gasteiger partial charge in [-0.15, -0.1) is 0 Å². The van der Waals surface area contributed by atoms with Crippen LogP contribution in [0.25, 0.3) is 11.0 Å². The van der Waals surface area contributed by atoms with E-state index in [9.17, 15) is 0 Å². The largest absolute Gasteiger partial charge is 0.484 e. The Bertz CT molecular complexity index is 740. The fourth-order valence-corrected chi connectivity index (χ4v) is 2.27. The minimum absolute atomic E-state index is 0.295. The summed E-state index contributed by atoms with van der Waals surface area (Å²) in [6.45, 7) is 0.701. The molecule has 4 nitrogen and oxygen atoms in total. The van der Waals surface area contributed by atoms with Gasteiger partial charge in [0.2, 0.25) is 0 Å². The van der Waals surface area contributed by atoms with Gasteiger partial charge >= 0.3 is 0 Å². The number of rotatable bonds is 4. The SMILES string of the molecule is NCc1c(COc2cncc(Cl)c2)oc2ccccc12. The lowest BCUT2D eigenvalue weighted by Gasteiger charge is -2.05. The molecule has 20 heavy (non-hydrogen) atoms. The van der Waals surface area contributed by atoms with Gasteiger partial charge in [0.05, 0.1) is 11.2 Å². The number of fused-ring (bicyclic) bond motifs is 1. The Labute approximate surface area is 121 Å². The maximum absolute atomic E-state index is 5.86. The van der Waals surface area contributed by atoms with E-state index in [1.807, 2.05) is 24.3 Å². The Hall–Kier alpha value is -2.04. The summed E-state index contributed by atoms with van der Waals surface area (Å²) < 4.78 is 11.4. The molecule has 0 spiro atoms. The average Bonchev–Trinajstić information content (AvgIpc) is 2.82. The molecule has 0 atom stereocenters. The maximum Gasteiger partial charge on any atom is 0.147 e. The van der Waals surface area contributed by atoms with E-state index in [-0.39, 0.29) is 0 Å². The Morgan fingerprint density at radius 1 is 1.25 bits per heavy atom. The molecule has 0 aliphatic carbocycles. The molecule has 0 saturated heterocycles. The summed E-state index contributed by atoms with van der Waals surface area (Å²) in [5.74, 6) is 1.33. The van der Waals surface area contributed by atoms with Gasteiger partial charge < -0.3 is 14.9 Å². The molecule has 0 aliphatic rings. The number of para-hydroxylation sites is 1. The molecule has 0 radical (unpaired) electrons. The maximum atomic E-state index is 5.86. The van der Waals surface area contributed by atoms with Crippen LogP contribution >= 0.6 is 11.6 Å². The van der Waals surface area contributed by atoms with Gasteiger partial charge in [0, 0.05) is 29.8 Å². The highest BCUT2D eigenvalue weighted by Gasteiger charge is 2.13. The predicted octanol–water partition coefficient (Wildman–Crippen LogP) is 3.52. The lowest BCUT2D eigenvalue weighted by molar-refractivity contribution is 0.272. The molecule has 3 rings (SSSR count). The summed E-state index contributed by atoms with van der Waals surface area (Å²) in [5.41, 5.74) is 7.59. The van der Waals surface area contributed by atoms with E-state index in [0.717, 1.165) is 22.3 Å². The number of hydrogen-bond donors (Lipinski definition) is 1. The first-order valence-corrected chi connectivity index (χ1v) is 6.58. The lowest BCUT2D eigenvalue weighted by Crippen LogP contribution is -2.02. The molecule has 5 heteroatoms. The highest BCUT2D eigenvalue weighted by molar-refractivity contribution is 6.30. The molecule has 2 heterocycles. The molecule has 0 saturated carbocycles. The molecule has 102 valence electrons. The zero-order valence-electron chi connectivity index (χ0n) is 10.7. The van der Waals surface area contributed by atoms with Crippen LogP contribution in [0.3, 0.4) is 0 Å². The van der Waals surface area contributed by atoms with Crippen LogP contribution in [0.1, 0.15) is 11.3 Å². The number of furan rings is 1. The normalized spacial score (nSPS) is 10.9. The second-order valence-electron chi connectivity index (χ2n) is 4.33.